The number of aromatic nitrogens is 4. The van der Waals surface area contributed by atoms with Gasteiger partial charge in [-0.2, -0.15) is 0 Å². The quantitative estimate of drug-likeness (QED) is 0.597. The Morgan fingerprint density at radius 1 is 1.23 bits per heavy atom. The van der Waals surface area contributed by atoms with Crippen molar-refractivity contribution in [3.63, 3.8) is 0 Å². The summed E-state index contributed by atoms with van der Waals surface area (Å²) in [7, 11) is 0. The van der Waals surface area contributed by atoms with Gasteiger partial charge in [-0.25, -0.2) is 14.6 Å². The zero-order valence-electron chi connectivity index (χ0n) is 14.6. The molecule has 0 saturated carbocycles. The average Bonchev–Trinajstić information content (AvgIpc) is 3.28. The van der Waals surface area contributed by atoms with Crippen LogP contribution >= 0.6 is 11.3 Å². The van der Waals surface area contributed by atoms with Crippen LogP contribution < -0.4 is 5.32 Å². The van der Waals surface area contributed by atoms with Gasteiger partial charge in [0.1, 0.15) is 5.76 Å². The lowest BCUT2D eigenvalue weighted by Gasteiger charge is -2.06. The van der Waals surface area contributed by atoms with Crippen molar-refractivity contribution in [1.82, 2.24) is 25.1 Å². The summed E-state index contributed by atoms with van der Waals surface area (Å²) in [4.78, 5) is 20.4. The molecule has 0 atom stereocenters. The largest absolute Gasteiger partial charge is 0.458 e. The lowest BCUT2D eigenvalue weighted by Crippen LogP contribution is -2.21. The van der Waals surface area contributed by atoms with E-state index in [1.54, 1.807) is 16.0 Å². The van der Waals surface area contributed by atoms with E-state index in [2.05, 4.69) is 20.4 Å². The van der Waals surface area contributed by atoms with E-state index in [4.69, 9.17) is 4.42 Å². The van der Waals surface area contributed by atoms with Gasteiger partial charge in [0.25, 0.3) is 0 Å². The Bertz CT molecular complexity index is 1110. The first kappa shape index (κ1) is 16.5. The van der Waals surface area contributed by atoms with Crippen LogP contribution in [0.2, 0.25) is 0 Å². The molecule has 0 spiro atoms. The molecule has 0 radical (unpaired) electrons. The molecular weight excluding hydrogens is 350 g/mol. The molecule has 1 N–H and O–H groups in total. The van der Waals surface area contributed by atoms with Gasteiger partial charge >= 0.3 is 0 Å². The monoisotopic (exact) mass is 367 g/mol. The minimum atomic E-state index is -0.122. The molecule has 0 unspecified atom stereocenters. The molecule has 26 heavy (non-hydrogen) atoms. The fraction of sp³-hybridized carbons (Fsp3) is 0.222. The third kappa shape index (κ3) is 3.11. The minimum absolute atomic E-state index is 0.122. The maximum absolute atomic E-state index is 11.3. The zero-order chi connectivity index (χ0) is 18.3. The van der Waals surface area contributed by atoms with Gasteiger partial charge in [0, 0.05) is 6.92 Å². The SMILES string of the molecule is CC(=O)NCc1nc(-c2ccc(C)o2)nn1-c1ccc2nc(C)sc2c1. The molecule has 0 aliphatic rings. The first-order chi connectivity index (χ1) is 12.5. The third-order valence-corrected chi connectivity index (χ3v) is 4.79. The van der Waals surface area contributed by atoms with E-state index in [0.29, 0.717) is 17.4 Å². The van der Waals surface area contributed by atoms with E-state index in [-0.39, 0.29) is 12.5 Å². The second kappa shape index (κ2) is 6.38. The molecule has 132 valence electrons. The highest BCUT2D eigenvalue weighted by Crippen LogP contribution is 2.26. The van der Waals surface area contributed by atoms with Crippen molar-refractivity contribution in [2.75, 3.05) is 0 Å². The van der Waals surface area contributed by atoms with Crippen LogP contribution in [0, 0.1) is 13.8 Å². The molecule has 7 nitrogen and oxygen atoms in total. The Morgan fingerprint density at radius 3 is 2.81 bits per heavy atom. The second-order valence-electron chi connectivity index (χ2n) is 5.97. The lowest BCUT2D eigenvalue weighted by molar-refractivity contribution is -0.119. The van der Waals surface area contributed by atoms with Gasteiger partial charge in [-0.05, 0) is 44.2 Å². The summed E-state index contributed by atoms with van der Waals surface area (Å²) in [6, 6.07) is 9.66. The van der Waals surface area contributed by atoms with Gasteiger partial charge in [0.2, 0.25) is 11.7 Å². The Morgan fingerprint density at radius 2 is 2.08 bits per heavy atom. The Balaban J connectivity index is 1.80. The number of nitrogens with zero attached hydrogens (tertiary/aromatic N) is 4. The van der Waals surface area contributed by atoms with E-state index in [0.717, 1.165) is 26.7 Å². The van der Waals surface area contributed by atoms with Crippen LogP contribution in [-0.4, -0.2) is 25.7 Å². The van der Waals surface area contributed by atoms with E-state index < -0.39 is 0 Å². The van der Waals surface area contributed by atoms with E-state index in [1.165, 1.54) is 6.92 Å². The van der Waals surface area contributed by atoms with Crippen molar-refractivity contribution >= 4 is 27.5 Å². The Labute approximate surface area is 153 Å². The summed E-state index contributed by atoms with van der Waals surface area (Å²) in [5.74, 6) is 2.38. The predicted molar refractivity (Wildman–Crippen MR) is 99.2 cm³/mol. The van der Waals surface area contributed by atoms with Crippen LogP contribution in [0.5, 0.6) is 0 Å². The van der Waals surface area contributed by atoms with Crippen LogP contribution in [0.25, 0.3) is 27.5 Å². The van der Waals surface area contributed by atoms with E-state index >= 15 is 0 Å². The maximum Gasteiger partial charge on any atom is 0.217 e. The number of benzene rings is 1. The standard InChI is InChI=1S/C18H17N5O2S/c1-10-4-7-15(25-10)18-21-17(9-19-11(2)24)23(22-18)13-5-6-14-16(8-13)26-12(3)20-14/h4-8H,9H2,1-3H3,(H,19,24). The molecule has 0 bridgehead atoms. The zero-order valence-corrected chi connectivity index (χ0v) is 15.4. The predicted octanol–water partition coefficient (Wildman–Crippen LogP) is 3.39. The van der Waals surface area contributed by atoms with Gasteiger partial charge < -0.3 is 9.73 Å². The topological polar surface area (TPSA) is 85.8 Å². The first-order valence-corrected chi connectivity index (χ1v) is 8.96. The van der Waals surface area contributed by atoms with Gasteiger partial charge in [0.05, 0.1) is 27.5 Å². The number of aryl methyl sites for hydroxylation is 2. The molecule has 3 heterocycles. The molecule has 0 aliphatic carbocycles. The van der Waals surface area contributed by atoms with Crippen LogP contribution in [0.15, 0.2) is 34.7 Å². The molecule has 8 heteroatoms. The summed E-state index contributed by atoms with van der Waals surface area (Å²) in [5, 5.41) is 8.40. The number of hydrogen-bond acceptors (Lipinski definition) is 6. The molecule has 4 rings (SSSR count). The molecule has 0 saturated heterocycles. The average molecular weight is 367 g/mol. The minimum Gasteiger partial charge on any atom is -0.458 e. The number of hydrogen-bond donors (Lipinski definition) is 1. The van der Waals surface area contributed by atoms with Gasteiger partial charge in [-0.15, -0.1) is 16.4 Å². The fourth-order valence-electron chi connectivity index (χ4n) is 2.69. The molecule has 0 aliphatic heterocycles. The summed E-state index contributed by atoms with van der Waals surface area (Å²) in [5.41, 5.74) is 1.82. The van der Waals surface area contributed by atoms with Gasteiger partial charge in [-0.3, -0.25) is 4.79 Å². The normalized spacial score (nSPS) is 11.2. The maximum atomic E-state index is 11.3. The Hall–Kier alpha value is -3.00. The van der Waals surface area contributed by atoms with Crippen LogP contribution in [-0.2, 0) is 11.3 Å². The highest BCUT2D eigenvalue weighted by Gasteiger charge is 2.16. The lowest BCUT2D eigenvalue weighted by atomic mass is 10.3. The number of rotatable bonds is 4. The number of fused-ring (bicyclic) bond motifs is 1. The molecule has 4 aromatic rings. The van der Waals surface area contributed by atoms with Crippen molar-refractivity contribution < 1.29 is 9.21 Å². The third-order valence-electron chi connectivity index (χ3n) is 3.85. The van der Waals surface area contributed by atoms with Crippen molar-refractivity contribution in [1.29, 1.82) is 0 Å². The van der Waals surface area contributed by atoms with Crippen LogP contribution in [0.1, 0.15) is 23.5 Å². The molecule has 1 aromatic carbocycles. The smallest absolute Gasteiger partial charge is 0.217 e. The molecule has 1 amide bonds. The number of carbonyl (C=O) groups is 1. The fourth-order valence-corrected chi connectivity index (χ4v) is 3.55. The van der Waals surface area contributed by atoms with Crippen LogP contribution in [0.4, 0.5) is 0 Å². The first-order valence-electron chi connectivity index (χ1n) is 8.14. The molecular formula is C18H17N5O2S. The van der Waals surface area contributed by atoms with Gasteiger partial charge in [-0.1, -0.05) is 0 Å². The number of carbonyl (C=O) groups excluding carboxylic acids is 1. The van der Waals surface area contributed by atoms with Crippen molar-refractivity contribution in [2.45, 2.75) is 27.3 Å². The van der Waals surface area contributed by atoms with E-state index in [9.17, 15) is 4.79 Å². The summed E-state index contributed by atoms with van der Waals surface area (Å²) in [6.45, 7) is 5.61. The molecule has 3 aromatic heterocycles. The number of amides is 1. The second-order valence-corrected chi connectivity index (χ2v) is 7.20. The van der Waals surface area contributed by atoms with Crippen LogP contribution in [0.3, 0.4) is 0 Å². The summed E-state index contributed by atoms with van der Waals surface area (Å²) >= 11 is 1.63. The van der Waals surface area contributed by atoms with E-state index in [1.807, 2.05) is 44.2 Å². The summed E-state index contributed by atoms with van der Waals surface area (Å²) < 4.78 is 8.45. The highest BCUT2D eigenvalue weighted by molar-refractivity contribution is 7.18. The number of thiazole rings is 1. The summed E-state index contributed by atoms with van der Waals surface area (Å²) in [6.07, 6.45) is 0. The van der Waals surface area contributed by atoms with Crippen molar-refractivity contribution in [3.05, 3.63) is 46.9 Å². The van der Waals surface area contributed by atoms with Crippen molar-refractivity contribution in [2.24, 2.45) is 0 Å². The number of furan rings is 1. The van der Waals surface area contributed by atoms with Crippen molar-refractivity contribution in [3.8, 4) is 17.3 Å². The Kier molecular flexibility index (Phi) is 4.04. The molecule has 0 fully saturated rings. The van der Waals surface area contributed by atoms with Gasteiger partial charge in [0.15, 0.2) is 11.6 Å². The highest BCUT2D eigenvalue weighted by atomic mass is 32.1. The number of nitrogens with one attached hydrogen (secondary N) is 1.